The third-order valence-electron chi connectivity index (χ3n) is 3.26. The average molecular weight is 244 g/mol. The number of methoxy groups -OCH3 is 1. The summed E-state index contributed by atoms with van der Waals surface area (Å²) in [7, 11) is 3.92. The van der Waals surface area contributed by atoms with Crippen molar-refractivity contribution in [2.24, 2.45) is 0 Å². The molecule has 4 heteroatoms. The first-order valence-corrected chi connectivity index (χ1v) is 6.82. The lowest BCUT2D eigenvalue weighted by atomic mass is 10.1. The zero-order valence-electron chi connectivity index (χ0n) is 11.4. The third-order valence-corrected chi connectivity index (χ3v) is 3.26. The Morgan fingerprint density at radius 2 is 2.18 bits per heavy atom. The van der Waals surface area contributed by atoms with Gasteiger partial charge in [-0.1, -0.05) is 0 Å². The Labute approximate surface area is 106 Å². The molecule has 1 saturated heterocycles. The van der Waals surface area contributed by atoms with Gasteiger partial charge < -0.3 is 19.7 Å². The van der Waals surface area contributed by atoms with E-state index in [2.05, 4.69) is 17.3 Å². The number of hydrogen-bond donors (Lipinski definition) is 1. The molecule has 0 radical (unpaired) electrons. The van der Waals surface area contributed by atoms with Crippen LogP contribution in [0.1, 0.15) is 25.7 Å². The minimum atomic E-state index is 0.507. The van der Waals surface area contributed by atoms with Crippen molar-refractivity contribution in [3.63, 3.8) is 0 Å². The minimum absolute atomic E-state index is 0.507. The minimum Gasteiger partial charge on any atom is -0.383 e. The van der Waals surface area contributed by atoms with Gasteiger partial charge in [0.05, 0.1) is 12.7 Å². The Hall–Kier alpha value is -0.160. The fourth-order valence-corrected chi connectivity index (χ4v) is 2.08. The first kappa shape index (κ1) is 14.9. The van der Waals surface area contributed by atoms with Gasteiger partial charge in [0, 0.05) is 39.9 Å². The molecule has 1 atom stereocenters. The number of hydrogen-bond acceptors (Lipinski definition) is 4. The summed E-state index contributed by atoms with van der Waals surface area (Å²) in [6.45, 7) is 5.96. The number of ether oxygens (including phenoxy) is 2. The molecule has 1 unspecified atom stereocenters. The molecule has 0 saturated carbocycles. The maximum Gasteiger partial charge on any atom is 0.0587 e. The monoisotopic (exact) mass is 244 g/mol. The van der Waals surface area contributed by atoms with E-state index >= 15 is 0 Å². The number of nitrogens with zero attached hydrogens (tertiary/aromatic N) is 1. The van der Waals surface area contributed by atoms with Gasteiger partial charge in [0.2, 0.25) is 0 Å². The second kappa shape index (κ2) is 9.83. The summed E-state index contributed by atoms with van der Waals surface area (Å²) in [5.74, 6) is 0. The van der Waals surface area contributed by atoms with Gasteiger partial charge in [-0.05, 0) is 32.7 Å². The van der Waals surface area contributed by atoms with Crippen LogP contribution in [0, 0.1) is 0 Å². The maximum absolute atomic E-state index is 5.73. The van der Waals surface area contributed by atoms with E-state index in [9.17, 15) is 0 Å². The van der Waals surface area contributed by atoms with Crippen LogP contribution < -0.4 is 5.32 Å². The van der Waals surface area contributed by atoms with Crippen LogP contribution >= 0.6 is 0 Å². The largest absolute Gasteiger partial charge is 0.383 e. The lowest BCUT2D eigenvalue weighted by molar-refractivity contribution is 0.00680. The molecule has 1 aliphatic rings. The number of nitrogens with one attached hydrogen (secondary N) is 1. The highest BCUT2D eigenvalue weighted by Crippen LogP contribution is 2.15. The van der Waals surface area contributed by atoms with Crippen LogP contribution in [-0.2, 0) is 9.47 Å². The van der Waals surface area contributed by atoms with E-state index in [0.29, 0.717) is 6.10 Å². The first-order chi connectivity index (χ1) is 8.33. The number of rotatable bonds is 9. The SMILES string of the molecule is COCCNCCN(C)CCC1CCCCO1. The molecule has 0 aromatic heterocycles. The van der Waals surface area contributed by atoms with E-state index in [4.69, 9.17) is 9.47 Å². The highest BCUT2D eigenvalue weighted by molar-refractivity contribution is 4.66. The highest BCUT2D eigenvalue weighted by Gasteiger charge is 2.13. The van der Waals surface area contributed by atoms with E-state index < -0.39 is 0 Å². The summed E-state index contributed by atoms with van der Waals surface area (Å²) < 4.78 is 10.7. The van der Waals surface area contributed by atoms with Crippen LogP contribution in [-0.4, -0.2) is 64.6 Å². The van der Waals surface area contributed by atoms with Crippen molar-refractivity contribution in [1.82, 2.24) is 10.2 Å². The Morgan fingerprint density at radius 3 is 2.88 bits per heavy atom. The van der Waals surface area contributed by atoms with Crippen LogP contribution in [0.2, 0.25) is 0 Å². The molecule has 1 fully saturated rings. The summed E-state index contributed by atoms with van der Waals surface area (Å²) >= 11 is 0. The van der Waals surface area contributed by atoms with Crippen LogP contribution in [0.25, 0.3) is 0 Å². The Kier molecular flexibility index (Phi) is 8.61. The molecule has 4 nitrogen and oxygen atoms in total. The van der Waals surface area contributed by atoms with Gasteiger partial charge in [-0.3, -0.25) is 0 Å². The molecule has 0 aromatic carbocycles. The van der Waals surface area contributed by atoms with Crippen LogP contribution in [0.5, 0.6) is 0 Å². The van der Waals surface area contributed by atoms with E-state index in [-0.39, 0.29) is 0 Å². The van der Waals surface area contributed by atoms with Gasteiger partial charge in [-0.2, -0.15) is 0 Å². The van der Waals surface area contributed by atoms with Crippen molar-refractivity contribution in [3.8, 4) is 0 Å². The fourth-order valence-electron chi connectivity index (χ4n) is 2.08. The lowest BCUT2D eigenvalue weighted by Gasteiger charge is -2.25. The van der Waals surface area contributed by atoms with E-state index in [1.165, 1.54) is 25.7 Å². The topological polar surface area (TPSA) is 33.7 Å². The van der Waals surface area contributed by atoms with Crippen molar-refractivity contribution in [2.45, 2.75) is 31.8 Å². The van der Waals surface area contributed by atoms with Crippen molar-refractivity contribution < 1.29 is 9.47 Å². The fraction of sp³-hybridized carbons (Fsp3) is 1.00. The van der Waals surface area contributed by atoms with E-state index in [1.54, 1.807) is 7.11 Å². The van der Waals surface area contributed by atoms with Crippen molar-refractivity contribution >= 4 is 0 Å². The zero-order chi connectivity index (χ0) is 12.3. The molecule has 102 valence electrons. The molecule has 0 aromatic rings. The predicted octanol–water partition coefficient (Wildman–Crippen LogP) is 1.11. The third kappa shape index (κ3) is 7.71. The molecule has 0 spiro atoms. The molecule has 0 amide bonds. The Bertz CT molecular complexity index is 173. The summed E-state index contributed by atoms with van der Waals surface area (Å²) in [4.78, 5) is 2.37. The zero-order valence-corrected chi connectivity index (χ0v) is 11.4. The Balaban J connectivity index is 1.91. The van der Waals surface area contributed by atoms with Gasteiger partial charge >= 0.3 is 0 Å². The molecule has 1 heterocycles. The normalized spacial score (nSPS) is 21.0. The van der Waals surface area contributed by atoms with Gasteiger partial charge in [0.1, 0.15) is 0 Å². The van der Waals surface area contributed by atoms with Crippen molar-refractivity contribution in [1.29, 1.82) is 0 Å². The molecular weight excluding hydrogens is 216 g/mol. The Morgan fingerprint density at radius 1 is 1.29 bits per heavy atom. The molecular formula is C13H28N2O2. The van der Waals surface area contributed by atoms with E-state index in [0.717, 1.165) is 39.4 Å². The highest BCUT2D eigenvalue weighted by atomic mass is 16.5. The van der Waals surface area contributed by atoms with Crippen LogP contribution in [0.3, 0.4) is 0 Å². The lowest BCUT2D eigenvalue weighted by Crippen LogP contribution is -2.33. The molecule has 17 heavy (non-hydrogen) atoms. The molecule has 0 aliphatic carbocycles. The van der Waals surface area contributed by atoms with Crippen LogP contribution in [0.15, 0.2) is 0 Å². The second-order valence-corrected chi connectivity index (χ2v) is 4.82. The summed E-state index contributed by atoms with van der Waals surface area (Å²) in [6, 6.07) is 0. The second-order valence-electron chi connectivity index (χ2n) is 4.82. The van der Waals surface area contributed by atoms with Crippen LogP contribution in [0.4, 0.5) is 0 Å². The first-order valence-electron chi connectivity index (χ1n) is 6.82. The van der Waals surface area contributed by atoms with Gasteiger partial charge in [0.15, 0.2) is 0 Å². The molecule has 1 rings (SSSR count). The van der Waals surface area contributed by atoms with E-state index in [1.807, 2.05) is 0 Å². The van der Waals surface area contributed by atoms with Gasteiger partial charge in [-0.15, -0.1) is 0 Å². The molecule has 1 N–H and O–H groups in total. The quantitative estimate of drug-likeness (QED) is 0.616. The average Bonchev–Trinajstić information content (AvgIpc) is 2.37. The van der Waals surface area contributed by atoms with Gasteiger partial charge in [-0.25, -0.2) is 0 Å². The molecule has 1 aliphatic heterocycles. The smallest absolute Gasteiger partial charge is 0.0587 e. The maximum atomic E-state index is 5.73. The van der Waals surface area contributed by atoms with Gasteiger partial charge in [0.25, 0.3) is 0 Å². The standard InChI is InChI=1S/C13H28N2O2/c1-15(10-7-14-8-12-16-2)9-6-13-5-3-4-11-17-13/h13-14H,3-12H2,1-2H3. The summed E-state index contributed by atoms with van der Waals surface area (Å²) in [5, 5.41) is 3.36. The van der Waals surface area contributed by atoms with Crippen molar-refractivity contribution in [3.05, 3.63) is 0 Å². The molecule has 0 bridgehead atoms. The number of likely N-dealkylation sites (N-methyl/N-ethyl adjacent to an activating group) is 1. The van der Waals surface area contributed by atoms with Crippen molar-refractivity contribution in [2.75, 3.05) is 53.6 Å². The summed E-state index contributed by atoms with van der Waals surface area (Å²) in [6.07, 6.45) is 5.52. The predicted molar refractivity (Wildman–Crippen MR) is 70.5 cm³/mol. The summed E-state index contributed by atoms with van der Waals surface area (Å²) in [5.41, 5.74) is 0.